The average Bonchev–Trinajstić information content (AvgIpc) is 3.11. The van der Waals surface area contributed by atoms with Gasteiger partial charge in [-0.1, -0.05) is 6.92 Å². The zero-order valence-electron chi connectivity index (χ0n) is 11.6. The molecule has 3 rings (SSSR count). The van der Waals surface area contributed by atoms with Gasteiger partial charge in [-0.15, -0.1) is 11.6 Å². The number of hydrogen-bond donors (Lipinski definition) is 0. The molecule has 0 bridgehead atoms. The van der Waals surface area contributed by atoms with Gasteiger partial charge in [0.05, 0.1) is 0 Å². The van der Waals surface area contributed by atoms with Gasteiger partial charge in [0.1, 0.15) is 11.3 Å². The minimum Gasteiger partial charge on any atom is -0.312 e. The Kier molecular flexibility index (Phi) is 3.25. The van der Waals surface area contributed by atoms with Gasteiger partial charge in [0.15, 0.2) is 5.65 Å². The second kappa shape index (κ2) is 4.78. The molecule has 102 valence electrons. The second-order valence-corrected chi connectivity index (χ2v) is 6.08. The summed E-state index contributed by atoms with van der Waals surface area (Å²) in [5, 5.41) is 0. The van der Waals surface area contributed by atoms with Crippen LogP contribution in [0.5, 0.6) is 0 Å². The van der Waals surface area contributed by atoms with Crippen LogP contribution in [0.2, 0.25) is 0 Å². The maximum Gasteiger partial charge on any atom is 0.160 e. The largest absolute Gasteiger partial charge is 0.312 e. The van der Waals surface area contributed by atoms with Crippen molar-refractivity contribution in [1.29, 1.82) is 0 Å². The molecule has 0 amide bonds. The lowest BCUT2D eigenvalue weighted by Crippen LogP contribution is -2.14. The fourth-order valence-corrected chi connectivity index (χ4v) is 2.89. The minimum absolute atomic E-state index is 0.486. The Hall–Kier alpha value is -1.09. The van der Waals surface area contributed by atoms with Crippen molar-refractivity contribution in [3.63, 3.8) is 0 Å². The van der Waals surface area contributed by atoms with Gasteiger partial charge >= 0.3 is 0 Å². The molecule has 1 fully saturated rings. The van der Waals surface area contributed by atoms with Crippen LogP contribution in [0.15, 0.2) is 12.1 Å². The summed E-state index contributed by atoms with van der Waals surface area (Å²) < 4.78 is 2.31. The van der Waals surface area contributed by atoms with Gasteiger partial charge in [-0.3, -0.25) is 0 Å². The van der Waals surface area contributed by atoms with Gasteiger partial charge in [-0.05, 0) is 43.7 Å². The van der Waals surface area contributed by atoms with Crippen LogP contribution in [0.4, 0.5) is 0 Å². The van der Waals surface area contributed by atoms with Crippen molar-refractivity contribution in [2.75, 3.05) is 5.88 Å². The van der Waals surface area contributed by atoms with Crippen LogP contribution in [-0.2, 0) is 13.0 Å². The van der Waals surface area contributed by atoms with Crippen LogP contribution < -0.4 is 0 Å². The molecular weight excluding hydrogens is 258 g/mol. The first-order valence-electron chi connectivity index (χ1n) is 7.06. The van der Waals surface area contributed by atoms with Crippen molar-refractivity contribution in [1.82, 2.24) is 14.5 Å². The highest BCUT2D eigenvalue weighted by atomic mass is 35.5. The monoisotopic (exact) mass is 277 g/mol. The van der Waals surface area contributed by atoms with E-state index < -0.39 is 0 Å². The zero-order chi connectivity index (χ0) is 13.5. The molecule has 0 spiro atoms. The molecule has 2 aromatic heterocycles. The molecule has 1 aliphatic carbocycles. The molecule has 1 saturated carbocycles. The number of alkyl halides is 1. The van der Waals surface area contributed by atoms with Gasteiger partial charge in [-0.25, -0.2) is 9.97 Å². The van der Waals surface area contributed by atoms with E-state index in [0.29, 0.717) is 11.3 Å². The summed E-state index contributed by atoms with van der Waals surface area (Å²) in [7, 11) is 0. The van der Waals surface area contributed by atoms with E-state index in [9.17, 15) is 0 Å². The molecule has 0 aromatic carbocycles. The van der Waals surface area contributed by atoms with E-state index in [-0.39, 0.29) is 0 Å². The van der Waals surface area contributed by atoms with Crippen LogP contribution >= 0.6 is 11.6 Å². The van der Waals surface area contributed by atoms with Gasteiger partial charge in [0.25, 0.3) is 0 Å². The Morgan fingerprint density at radius 1 is 1.32 bits per heavy atom. The van der Waals surface area contributed by atoms with E-state index in [1.54, 1.807) is 0 Å². The third kappa shape index (κ3) is 2.36. The summed E-state index contributed by atoms with van der Waals surface area (Å²) in [5.41, 5.74) is 3.56. The zero-order valence-corrected chi connectivity index (χ0v) is 12.4. The molecule has 3 nitrogen and oxygen atoms in total. The van der Waals surface area contributed by atoms with Crippen molar-refractivity contribution in [2.45, 2.75) is 46.1 Å². The van der Waals surface area contributed by atoms with Crippen molar-refractivity contribution in [2.24, 2.45) is 5.41 Å². The van der Waals surface area contributed by atoms with E-state index in [0.717, 1.165) is 35.6 Å². The highest BCUT2D eigenvalue weighted by Gasteiger charge is 2.41. The van der Waals surface area contributed by atoms with E-state index in [2.05, 4.69) is 22.5 Å². The van der Waals surface area contributed by atoms with Gasteiger partial charge in [-0.2, -0.15) is 0 Å². The Morgan fingerprint density at radius 2 is 2.11 bits per heavy atom. The highest BCUT2D eigenvalue weighted by molar-refractivity contribution is 6.17. The summed E-state index contributed by atoms with van der Waals surface area (Å²) in [5.74, 6) is 1.70. The van der Waals surface area contributed by atoms with Gasteiger partial charge in [0, 0.05) is 24.5 Å². The summed E-state index contributed by atoms with van der Waals surface area (Å²) in [4.78, 5) is 9.39. The molecule has 0 radical (unpaired) electrons. The molecule has 0 saturated heterocycles. The number of imidazole rings is 1. The molecule has 0 atom stereocenters. The van der Waals surface area contributed by atoms with E-state index in [1.165, 1.54) is 19.3 Å². The molecule has 2 heterocycles. The summed E-state index contributed by atoms with van der Waals surface area (Å²) in [6.07, 6.45) is 4.71. The third-order valence-electron chi connectivity index (χ3n) is 4.33. The highest BCUT2D eigenvalue weighted by Crippen LogP contribution is 2.50. The Bertz CT molecular complexity index is 599. The predicted octanol–water partition coefficient (Wildman–Crippen LogP) is 3.71. The summed E-state index contributed by atoms with van der Waals surface area (Å²) in [6, 6.07) is 4.09. The van der Waals surface area contributed by atoms with E-state index in [4.69, 9.17) is 16.6 Å². The molecule has 0 N–H and O–H groups in total. The Labute approximate surface area is 119 Å². The van der Waals surface area contributed by atoms with Gasteiger partial charge in [0.2, 0.25) is 0 Å². The maximum atomic E-state index is 5.91. The first-order chi connectivity index (χ1) is 9.17. The smallest absolute Gasteiger partial charge is 0.160 e. The minimum atomic E-state index is 0.486. The lowest BCUT2D eigenvalue weighted by atomic mass is 10.0. The van der Waals surface area contributed by atoms with Crippen LogP contribution in [0.3, 0.4) is 0 Å². The molecule has 0 unspecified atom stereocenters. The standard InChI is InChI=1S/C15H20ClN3/c1-3-15(7-8-15)10-19-13(6-9-16)18-12-5-4-11(2)17-14(12)19/h4-5H,3,6-10H2,1-2H3. The van der Waals surface area contributed by atoms with Crippen LogP contribution in [-0.4, -0.2) is 20.4 Å². The first kappa shape index (κ1) is 12.9. The van der Waals surface area contributed by atoms with Crippen molar-refractivity contribution in [3.8, 4) is 0 Å². The number of halogens is 1. The number of nitrogens with zero attached hydrogens (tertiary/aromatic N) is 3. The fraction of sp³-hybridized carbons (Fsp3) is 0.600. The number of rotatable bonds is 5. The Morgan fingerprint density at radius 3 is 2.74 bits per heavy atom. The van der Waals surface area contributed by atoms with E-state index >= 15 is 0 Å². The van der Waals surface area contributed by atoms with Crippen molar-refractivity contribution >= 4 is 22.8 Å². The van der Waals surface area contributed by atoms with E-state index in [1.807, 2.05) is 13.0 Å². The lowest BCUT2D eigenvalue weighted by molar-refractivity contribution is 0.407. The fourth-order valence-electron chi connectivity index (χ4n) is 2.72. The quantitative estimate of drug-likeness (QED) is 0.780. The summed E-state index contributed by atoms with van der Waals surface area (Å²) in [6.45, 7) is 5.36. The molecular formula is C15H20ClN3. The maximum absolute atomic E-state index is 5.91. The number of aryl methyl sites for hydroxylation is 2. The van der Waals surface area contributed by atoms with Crippen molar-refractivity contribution < 1.29 is 0 Å². The number of hydrogen-bond acceptors (Lipinski definition) is 2. The second-order valence-electron chi connectivity index (χ2n) is 5.70. The lowest BCUT2D eigenvalue weighted by Gasteiger charge is -2.16. The average molecular weight is 278 g/mol. The van der Waals surface area contributed by atoms with Gasteiger partial charge < -0.3 is 4.57 Å². The molecule has 1 aliphatic rings. The topological polar surface area (TPSA) is 30.7 Å². The molecule has 4 heteroatoms. The SMILES string of the molecule is CCC1(Cn2c(CCCl)nc3ccc(C)nc32)CC1. The normalized spacial score (nSPS) is 17.0. The van der Waals surface area contributed by atoms with Crippen LogP contribution in [0.1, 0.15) is 37.7 Å². The first-order valence-corrected chi connectivity index (χ1v) is 7.60. The van der Waals surface area contributed by atoms with Crippen LogP contribution in [0, 0.1) is 12.3 Å². The molecule has 19 heavy (non-hydrogen) atoms. The molecule has 0 aliphatic heterocycles. The number of pyridine rings is 1. The number of aromatic nitrogens is 3. The number of fused-ring (bicyclic) bond motifs is 1. The predicted molar refractivity (Wildman–Crippen MR) is 78.6 cm³/mol. The summed E-state index contributed by atoms with van der Waals surface area (Å²) >= 11 is 5.91. The van der Waals surface area contributed by atoms with Crippen molar-refractivity contribution in [3.05, 3.63) is 23.7 Å². The Balaban J connectivity index is 2.07. The third-order valence-corrected chi connectivity index (χ3v) is 4.52. The molecule has 2 aromatic rings. The van der Waals surface area contributed by atoms with Crippen LogP contribution in [0.25, 0.3) is 11.2 Å².